The molecule has 1 unspecified atom stereocenters. The molecule has 0 saturated heterocycles. The zero-order chi connectivity index (χ0) is 11.9. The number of hydrogen-bond donors (Lipinski definition) is 2. The van der Waals surface area contributed by atoms with Gasteiger partial charge in [0.25, 0.3) is 0 Å². The highest BCUT2D eigenvalue weighted by molar-refractivity contribution is 9.10. The van der Waals surface area contributed by atoms with Gasteiger partial charge < -0.3 is 14.8 Å². The van der Waals surface area contributed by atoms with Crippen molar-refractivity contribution in [2.24, 2.45) is 7.05 Å². The zero-order valence-electron chi connectivity index (χ0n) is 8.51. The predicted octanol–water partition coefficient (Wildman–Crippen LogP) is 2.06. The molecule has 0 aliphatic heterocycles. The van der Waals surface area contributed by atoms with Gasteiger partial charge in [-0.05, 0) is 12.1 Å². The number of rotatable bonds is 2. The minimum Gasteiger partial charge on any atom is -0.479 e. The summed E-state index contributed by atoms with van der Waals surface area (Å²) in [7, 11) is 1.81. The Bertz CT molecular complexity index is 562. The number of benzene rings is 1. The Labute approximate surface area is 100 Å². The molecule has 2 N–H and O–H groups in total. The molecule has 2 aromatic rings. The predicted molar refractivity (Wildman–Crippen MR) is 63.2 cm³/mol. The third kappa shape index (κ3) is 1.72. The van der Waals surface area contributed by atoms with Gasteiger partial charge in [0.05, 0.1) is 0 Å². The maximum Gasteiger partial charge on any atom is 0.337 e. The highest BCUT2D eigenvalue weighted by Gasteiger charge is 2.20. The van der Waals surface area contributed by atoms with E-state index in [1.807, 2.05) is 19.2 Å². The monoisotopic (exact) mass is 283 g/mol. The highest BCUT2D eigenvalue weighted by atomic mass is 79.9. The summed E-state index contributed by atoms with van der Waals surface area (Å²) in [6.07, 6.45) is 0.153. The summed E-state index contributed by atoms with van der Waals surface area (Å²) in [5.74, 6) is -1.24. The second-order valence-corrected chi connectivity index (χ2v) is 4.51. The second-order valence-electron chi connectivity index (χ2n) is 3.60. The van der Waals surface area contributed by atoms with Crippen LogP contribution in [-0.2, 0) is 11.8 Å². The van der Waals surface area contributed by atoms with Gasteiger partial charge in [-0.3, -0.25) is 0 Å². The Balaban J connectivity index is 2.68. The summed E-state index contributed by atoms with van der Waals surface area (Å²) in [6, 6.07) is 5.49. The van der Waals surface area contributed by atoms with E-state index in [4.69, 9.17) is 5.11 Å². The molecule has 0 aliphatic rings. The first-order valence-corrected chi connectivity index (χ1v) is 5.45. The molecule has 0 saturated carbocycles. The quantitative estimate of drug-likeness (QED) is 0.887. The van der Waals surface area contributed by atoms with Gasteiger partial charge in [-0.25, -0.2) is 4.79 Å². The highest BCUT2D eigenvalue weighted by Crippen LogP contribution is 2.28. The molecule has 0 spiro atoms. The number of aliphatic hydroxyl groups is 1. The minimum absolute atomic E-state index is 0.414. The molecular formula is C11H10BrNO3. The van der Waals surface area contributed by atoms with Gasteiger partial charge in [0.1, 0.15) is 0 Å². The number of aromatic nitrogens is 1. The standard InChI is InChI=1S/C11H10BrNO3/c1-13-5-8(10(14)11(15)16)7-3-2-6(12)4-9(7)13/h2-5,10,14H,1H3,(H,15,16). The lowest BCUT2D eigenvalue weighted by Gasteiger charge is -2.02. The van der Waals surface area contributed by atoms with Gasteiger partial charge in [-0.15, -0.1) is 0 Å². The molecule has 1 aromatic carbocycles. The molecule has 4 nitrogen and oxygen atoms in total. The van der Waals surface area contributed by atoms with Crippen molar-refractivity contribution in [2.75, 3.05) is 0 Å². The molecule has 0 radical (unpaired) electrons. The minimum atomic E-state index is -1.48. The molecule has 0 fully saturated rings. The number of aryl methyl sites for hydroxylation is 1. The van der Waals surface area contributed by atoms with Crippen molar-refractivity contribution >= 4 is 32.8 Å². The van der Waals surface area contributed by atoms with Gasteiger partial charge >= 0.3 is 5.97 Å². The first-order chi connectivity index (χ1) is 7.50. The van der Waals surface area contributed by atoms with Crippen molar-refractivity contribution < 1.29 is 15.0 Å². The summed E-state index contributed by atoms with van der Waals surface area (Å²) in [5, 5.41) is 19.1. The summed E-state index contributed by atoms with van der Waals surface area (Å²) >= 11 is 3.35. The van der Waals surface area contributed by atoms with Crippen molar-refractivity contribution in [1.82, 2.24) is 4.57 Å². The van der Waals surface area contributed by atoms with E-state index in [0.717, 1.165) is 15.4 Å². The molecule has 0 amide bonds. The SMILES string of the molecule is Cn1cc(C(O)C(=O)O)c2ccc(Br)cc21. The van der Waals surface area contributed by atoms with Crippen LogP contribution in [0, 0.1) is 0 Å². The van der Waals surface area contributed by atoms with Gasteiger partial charge in [-0.1, -0.05) is 22.0 Å². The van der Waals surface area contributed by atoms with Crippen molar-refractivity contribution in [1.29, 1.82) is 0 Å². The van der Waals surface area contributed by atoms with E-state index in [1.165, 1.54) is 0 Å². The number of hydrogen-bond acceptors (Lipinski definition) is 2. The number of carboxylic acids is 1. The van der Waals surface area contributed by atoms with Crippen LogP contribution in [0.1, 0.15) is 11.7 Å². The molecular weight excluding hydrogens is 274 g/mol. The number of carbonyl (C=O) groups is 1. The van der Waals surface area contributed by atoms with E-state index in [0.29, 0.717) is 5.56 Å². The van der Waals surface area contributed by atoms with Crippen LogP contribution in [0.5, 0.6) is 0 Å². The number of nitrogens with zero attached hydrogens (tertiary/aromatic N) is 1. The molecule has 1 atom stereocenters. The van der Waals surface area contributed by atoms with Gasteiger partial charge in [0.2, 0.25) is 0 Å². The third-order valence-electron chi connectivity index (χ3n) is 2.51. The molecule has 0 aliphatic carbocycles. The van der Waals surface area contributed by atoms with Gasteiger partial charge in [-0.2, -0.15) is 0 Å². The molecule has 0 bridgehead atoms. The number of aliphatic carboxylic acids is 1. The lowest BCUT2D eigenvalue weighted by molar-refractivity contribution is -0.146. The maximum atomic E-state index is 10.8. The molecule has 1 aromatic heterocycles. The van der Waals surface area contributed by atoms with Crippen LogP contribution in [0.15, 0.2) is 28.9 Å². The molecule has 84 valence electrons. The van der Waals surface area contributed by atoms with E-state index in [1.54, 1.807) is 16.8 Å². The summed E-state index contributed by atoms with van der Waals surface area (Å²) in [4.78, 5) is 10.8. The topological polar surface area (TPSA) is 62.5 Å². The lowest BCUT2D eigenvalue weighted by atomic mass is 10.1. The Kier molecular flexibility index (Phi) is 2.73. The average molecular weight is 284 g/mol. The van der Waals surface area contributed by atoms with Crippen LogP contribution >= 0.6 is 15.9 Å². The van der Waals surface area contributed by atoms with E-state index in [-0.39, 0.29) is 0 Å². The fraction of sp³-hybridized carbons (Fsp3) is 0.182. The summed E-state index contributed by atoms with van der Waals surface area (Å²) in [6.45, 7) is 0. The van der Waals surface area contributed by atoms with E-state index in [9.17, 15) is 9.90 Å². The van der Waals surface area contributed by atoms with Crippen LogP contribution in [0.25, 0.3) is 10.9 Å². The molecule has 2 rings (SSSR count). The summed E-state index contributed by atoms with van der Waals surface area (Å²) < 4.78 is 2.71. The van der Waals surface area contributed by atoms with E-state index in [2.05, 4.69) is 15.9 Å². The molecule has 1 heterocycles. The van der Waals surface area contributed by atoms with Gasteiger partial charge in [0, 0.05) is 34.2 Å². The van der Waals surface area contributed by atoms with Crippen LogP contribution in [0.4, 0.5) is 0 Å². The molecule has 16 heavy (non-hydrogen) atoms. The Morgan fingerprint density at radius 2 is 2.19 bits per heavy atom. The maximum absolute atomic E-state index is 10.8. The van der Waals surface area contributed by atoms with Gasteiger partial charge in [0.15, 0.2) is 6.10 Å². The largest absolute Gasteiger partial charge is 0.479 e. The zero-order valence-corrected chi connectivity index (χ0v) is 10.1. The average Bonchev–Trinajstić information content (AvgIpc) is 2.55. The van der Waals surface area contributed by atoms with E-state index < -0.39 is 12.1 Å². The number of aliphatic hydroxyl groups excluding tert-OH is 1. The first kappa shape index (κ1) is 11.2. The Hall–Kier alpha value is -1.33. The van der Waals surface area contributed by atoms with Crippen molar-refractivity contribution in [2.45, 2.75) is 6.10 Å². The van der Waals surface area contributed by atoms with Crippen LogP contribution in [-0.4, -0.2) is 20.7 Å². The van der Waals surface area contributed by atoms with Crippen molar-refractivity contribution in [3.63, 3.8) is 0 Å². The first-order valence-electron chi connectivity index (χ1n) is 4.66. The number of carboxylic acid groups (broad SMARTS) is 1. The van der Waals surface area contributed by atoms with Crippen molar-refractivity contribution in [3.8, 4) is 0 Å². The number of fused-ring (bicyclic) bond motifs is 1. The van der Waals surface area contributed by atoms with Crippen LogP contribution in [0.2, 0.25) is 0 Å². The Morgan fingerprint density at radius 3 is 2.81 bits per heavy atom. The Morgan fingerprint density at radius 1 is 1.50 bits per heavy atom. The summed E-state index contributed by atoms with van der Waals surface area (Å²) in [5.41, 5.74) is 1.29. The fourth-order valence-electron chi connectivity index (χ4n) is 1.74. The second kappa shape index (κ2) is 3.92. The van der Waals surface area contributed by atoms with Crippen molar-refractivity contribution in [3.05, 3.63) is 34.4 Å². The fourth-order valence-corrected chi connectivity index (χ4v) is 2.09. The lowest BCUT2D eigenvalue weighted by Crippen LogP contribution is -2.09. The third-order valence-corrected chi connectivity index (χ3v) is 3.01. The molecule has 5 heteroatoms. The van der Waals surface area contributed by atoms with E-state index >= 15 is 0 Å². The van der Waals surface area contributed by atoms with Crippen LogP contribution < -0.4 is 0 Å². The smallest absolute Gasteiger partial charge is 0.337 e. The number of halogens is 1. The van der Waals surface area contributed by atoms with Crippen LogP contribution in [0.3, 0.4) is 0 Å². The normalized spacial score (nSPS) is 12.9.